The van der Waals surface area contributed by atoms with Crippen molar-refractivity contribution >= 4 is 13.7 Å². The predicted molar refractivity (Wildman–Crippen MR) is 59.7 cm³/mol. The summed E-state index contributed by atoms with van der Waals surface area (Å²) in [5.74, 6) is 0. The molecule has 1 aromatic carbocycles. The van der Waals surface area contributed by atoms with Gasteiger partial charge in [0.25, 0.3) is 0 Å². The van der Waals surface area contributed by atoms with Gasteiger partial charge in [-0.3, -0.25) is 0 Å². The van der Waals surface area contributed by atoms with Crippen LogP contribution in [0.2, 0.25) is 0 Å². The predicted octanol–water partition coefficient (Wildman–Crippen LogP) is 2.51. The average molecular weight is 174 g/mol. The fourth-order valence-electron chi connectivity index (χ4n) is 1.55. The fourth-order valence-corrected chi connectivity index (χ4v) is 1.55. The molecule has 1 rings (SSSR count). The molecule has 0 bridgehead atoms. The first kappa shape index (κ1) is 10.3. The molecule has 0 N–H and O–H groups in total. The number of hydrogen-bond donors (Lipinski definition) is 0. The maximum absolute atomic E-state index is 6.30. The number of nitrogens with zero attached hydrogens (tertiary/aromatic N) is 1. The Balaban J connectivity index is 3.03. The summed E-state index contributed by atoms with van der Waals surface area (Å²) < 4.78 is 0.515. The third kappa shape index (κ3) is 1.94. The van der Waals surface area contributed by atoms with E-state index in [-0.39, 0.29) is 0 Å². The van der Waals surface area contributed by atoms with Crippen molar-refractivity contribution in [3.8, 4) is 0 Å². The summed E-state index contributed by atoms with van der Waals surface area (Å²) in [5.41, 5.74) is 1.18. The van der Waals surface area contributed by atoms with E-state index in [9.17, 15) is 0 Å². The number of benzene rings is 1. The second-order valence-electron chi connectivity index (χ2n) is 3.68. The van der Waals surface area contributed by atoms with Crippen molar-refractivity contribution in [1.82, 2.24) is 4.39 Å². The van der Waals surface area contributed by atoms with Crippen LogP contribution in [0.1, 0.15) is 20.8 Å². The Morgan fingerprint density at radius 1 is 1.23 bits per heavy atom. The molecule has 0 aliphatic heterocycles. The normalized spacial score (nSPS) is 15.8. The van der Waals surface area contributed by atoms with Crippen LogP contribution >= 0.6 is 0 Å². The lowest BCUT2D eigenvalue weighted by molar-refractivity contribution is 0.390. The highest BCUT2D eigenvalue weighted by atomic mass is 15.3. The third-order valence-electron chi connectivity index (χ3n) is 2.68. The van der Waals surface area contributed by atoms with Crippen LogP contribution in [0.4, 0.5) is 5.69 Å². The van der Waals surface area contributed by atoms with E-state index in [4.69, 9.17) is 7.98 Å². The summed E-state index contributed by atoms with van der Waals surface area (Å²) in [7, 11) is 6.30. The van der Waals surface area contributed by atoms with Crippen LogP contribution < -0.4 is 4.39 Å². The smallest absolute Gasteiger partial charge is 0.0817 e. The van der Waals surface area contributed by atoms with Gasteiger partial charge in [0.1, 0.15) is 0 Å². The van der Waals surface area contributed by atoms with E-state index in [1.807, 2.05) is 18.2 Å². The zero-order valence-corrected chi connectivity index (χ0v) is 8.70. The van der Waals surface area contributed by atoms with E-state index >= 15 is 0 Å². The van der Waals surface area contributed by atoms with Gasteiger partial charge in [-0.1, -0.05) is 18.2 Å². The zero-order valence-electron chi connectivity index (χ0n) is 8.70. The summed E-state index contributed by atoms with van der Waals surface area (Å²) in [6, 6.07) is 10.7. The standard InChI is InChI=1S/C11H17BN/c1-4-13(12,10(2)3)11-8-6-5-7-9-11/h5-10H,4H2,1-3H3. The van der Waals surface area contributed by atoms with Gasteiger partial charge in [0.15, 0.2) is 0 Å². The van der Waals surface area contributed by atoms with Crippen molar-refractivity contribution in [2.75, 3.05) is 6.54 Å². The van der Waals surface area contributed by atoms with Gasteiger partial charge in [0.05, 0.1) is 5.69 Å². The monoisotopic (exact) mass is 174 g/mol. The highest BCUT2D eigenvalue weighted by molar-refractivity contribution is 6.13. The molecule has 1 unspecified atom stereocenters. The summed E-state index contributed by atoms with van der Waals surface area (Å²) >= 11 is 0. The Kier molecular flexibility index (Phi) is 3.15. The minimum absolute atomic E-state index is 0.410. The van der Waals surface area contributed by atoms with Gasteiger partial charge in [-0.25, -0.2) is 7.98 Å². The van der Waals surface area contributed by atoms with Crippen molar-refractivity contribution in [3.63, 3.8) is 0 Å². The van der Waals surface area contributed by atoms with Gasteiger partial charge in [0.2, 0.25) is 0 Å². The number of rotatable bonds is 3. The molecule has 0 heterocycles. The maximum Gasteiger partial charge on any atom is 0.0817 e. The van der Waals surface area contributed by atoms with Gasteiger partial charge in [0, 0.05) is 12.6 Å². The summed E-state index contributed by atoms with van der Waals surface area (Å²) in [6.07, 6.45) is 0. The van der Waals surface area contributed by atoms with Gasteiger partial charge in [-0.15, -0.1) is 0 Å². The Hall–Kier alpha value is -0.755. The van der Waals surface area contributed by atoms with Gasteiger partial charge in [-0.2, -0.15) is 0 Å². The van der Waals surface area contributed by atoms with E-state index in [1.54, 1.807) is 0 Å². The molecule has 0 fully saturated rings. The van der Waals surface area contributed by atoms with Gasteiger partial charge in [-0.05, 0) is 32.9 Å². The molecule has 0 aromatic heterocycles. The first-order valence-electron chi connectivity index (χ1n) is 4.83. The summed E-state index contributed by atoms with van der Waals surface area (Å²) in [6.45, 7) is 7.33. The molecule has 0 aliphatic carbocycles. The van der Waals surface area contributed by atoms with Crippen LogP contribution in [0.25, 0.3) is 0 Å². The van der Waals surface area contributed by atoms with Gasteiger partial charge < -0.3 is 4.39 Å². The van der Waals surface area contributed by atoms with Gasteiger partial charge >= 0.3 is 0 Å². The number of hydrogen-bond acceptors (Lipinski definition) is 0. The van der Waals surface area contributed by atoms with Crippen molar-refractivity contribution in [2.24, 2.45) is 0 Å². The molecule has 2 heteroatoms. The molecule has 3 radical (unpaired) electrons. The maximum atomic E-state index is 6.30. The Bertz CT molecular complexity index is 258. The first-order chi connectivity index (χ1) is 6.11. The van der Waals surface area contributed by atoms with Crippen molar-refractivity contribution in [1.29, 1.82) is 0 Å². The van der Waals surface area contributed by atoms with E-state index in [0.717, 1.165) is 6.54 Å². The topological polar surface area (TPSA) is 0 Å². The largest absolute Gasteiger partial charge is 0.554 e. The molecular formula is C11H17BN. The third-order valence-corrected chi connectivity index (χ3v) is 2.68. The van der Waals surface area contributed by atoms with Crippen LogP contribution in [0.3, 0.4) is 0 Å². The summed E-state index contributed by atoms with van der Waals surface area (Å²) in [4.78, 5) is 0. The van der Waals surface area contributed by atoms with Crippen LogP contribution in [-0.4, -0.2) is 20.6 Å². The van der Waals surface area contributed by atoms with Crippen LogP contribution in [0.5, 0.6) is 0 Å². The highest BCUT2D eigenvalue weighted by Gasteiger charge is 2.14. The first-order valence-corrected chi connectivity index (χ1v) is 4.83. The molecule has 69 valence electrons. The molecule has 1 nitrogen and oxygen atoms in total. The van der Waals surface area contributed by atoms with E-state index < -0.39 is 0 Å². The highest BCUT2D eigenvalue weighted by Crippen LogP contribution is 2.22. The van der Waals surface area contributed by atoms with Crippen molar-refractivity contribution < 1.29 is 0 Å². The molecule has 13 heavy (non-hydrogen) atoms. The summed E-state index contributed by atoms with van der Waals surface area (Å²) in [5, 5.41) is 0. The van der Waals surface area contributed by atoms with E-state index in [1.165, 1.54) is 5.69 Å². The Morgan fingerprint density at radius 3 is 2.15 bits per heavy atom. The molecule has 1 aromatic rings. The van der Waals surface area contributed by atoms with Crippen LogP contribution in [0.15, 0.2) is 30.3 Å². The Labute approximate surface area is 82.4 Å². The number of quaternary nitrogens is 1. The molecule has 0 spiro atoms. The van der Waals surface area contributed by atoms with Crippen LogP contribution in [-0.2, 0) is 0 Å². The van der Waals surface area contributed by atoms with Crippen molar-refractivity contribution in [2.45, 2.75) is 26.8 Å². The second-order valence-corrected chi connectivity index (χ2v) is 3.68. The molecule has 0 saturated heterocycles. The van der Waals surface area contributed by atoms with Crippen LogP contribution in [0, 0.1) is 0 Å². The molecule has 0 saturated carbocycles. The SMILES string of the molecule is [B-][N+](CC)(c1ccccc1)C(C)C. The zero-order chi connectivity index (χ0) is 9.90. The fraction of sp³-hybridized carbons (Fsp3) is 0.455. The minimum Gasteiger partial charge on any atom is -0.554 e. The minimum atomic E-state index is 0.410. The lowest BCUT2D eigenvalue weighted by Crippen LogP contribution is -2.52. The molecule has 1 atom stereocenters. The lowest BCUT2D eigenvalue weighted by Gasteiger charge is -2.52. The quantitative estimate of drug-likeness (QED) is 0.617. The molecular weight excluding hydrogens is 157 g/mol. The van der Waals surface area contributed by atoms with E-state index in [0.29, 0.717) is 10.4 Å². The lowest BCUT2D eigenvalue weighted by atomic mass is 10.0. The number of para-hydroxylation sites is 1. The molecule has 0 amide bonds. The second kappa shape index (κ2) is 3.97. The van der Waals surface area contributed by atoms with Crippen molar-refractivity contribution in [3.05, 3.63) is 30.3 Å². The average Bonchev–Trinajstić information content (AvgIpc) is 2.17. The van der Waals surface area contributed by atoms with E-state index in [2.05, 4.69) is 32.9 Å². The molecule has 0 aliphatic rings. The Morgan fingerprint density at radius 2 is 1.77 bits per heavy atom.